The number of rotatable bonds is 12. The van der Waals surface area contributed by atoms with Gasteiger partial charge in [-0.3, -0.25) is 0 Å². The SMILES string of the molecule is CCC[CH2][Sn]([CH2]CCC)([CH2]CCC)[c]1ccc(-c2cn3cc(OC)ccc3n2)cc1. The third-order valence-corrected chi connectivity index (χ3v) is 22.1. The van der Waals surface area contributed by atoms with E-state index < -0.39 is 18.4 Å². The molecule has 162 valence electrons. The fourth-order valence-corrected chi connectivity index (χ4v) is 20.5. The molecule has 3 aromatic rings. The van der Waals surface area contributed by atoms with E-state index in [0.29, 0.717) is 0 Å². The van der Waals surface area contributed by atoms with Crippen LogP contribution in [0.15, 0.2) is 48.8 Å². The van der Waals surface area contributed by atoms with Crippen LogP contribution in [0.5, 0.6) is 5.75 Å². The molecule has 0 fully saturated rings. The molecule has 30 heavy (non-hydrogen) atoms. The van der Waals surface area contributed by atoms with Crippen LogP contribution in [0.4, 0.5) is 0 Å². The molecule has 0 aliphatic rings. The molecule has 0 saturated heterocycles. The molecule has 3 nitrogen and oxygen atoms in total. The van der Waals surface area contributed by atoms with E-state index in [0.717, 1.165) is 17.1 Å². The van der Waals surface area contributed by atoms with Gasteiger partial charge in [0.25, 0.3) is 0 Å². The third-order valence-electron chi connectivity index (χ3n) is 6.48. The van der Waals surface area contributed by atoms with Gasteiger partial charge < -0.3 is 0 Å². The number of ether oxygens (including phenoxy) is 1. The van der Waals surface area contributed by atoms with Crippen molar-refractivity contribution in [2.75, 3.05) is 7.11 Å². The Morgan fingerprint density at radius 3 is 1.93 bits per heavy atom. The first-order valence-corrected chi connectivity index (χ1v) is 19.3. The summed E-state index contributed by atoms with van der Waals surface area (Å²) < 4.78 is 13.7. The zero-order chi connectivity index (χ0) is 21.4. The maximum atomic E-state index is 5.35. The summed E-state index contributed by atoms with van der Waals surface area (Å²) in [6.07, 6.45) is 12.3. The maximum absolute atomic E-state index is 5.35. The fourth-order valence-electron chi connectivity index (χ4n) is 4.58. The number of fused-ring (bicyclic) bond motifs is 1. The van der Waals surface area contributed by atoms with E-state index in [4.69, 9.17) is 9.72 Å². The van der Waals surface area contributed by atoms with Gasteiger partial charge in [0.05, 0.1) is 0 Å². The molecule has 0 aliphatic heterocycles. The van der Waals surface area contributed by atoms with Gasteiger partial charge in [-0.05, 0) is 0 Å². The van der Waals surface area contributed by atoms with Crippen LogP contribution in [-0.4, -0.2) is 34.9 Å². The number of imidazole rings is 1. The zero-order valence-corrected chi connectivity index (χ0v) is 22.1. The summed E-state index contributed by atoms with van der Waals surface area (Å²) >= 11 is -2.35. The van der Waals surface area contributed by atoms with Crippen molar-refractivity contribution in [2.24, 2.45) is 0 Å². The van der Waals surface area contributed by atoms with E-state index in [1.165, 1.54) is 57.4 Å². The van der Waals surface area contributed by atoms with Gasteiger partial charge in [-0.1, -0.05) is 0 Å². The van der Waals surface area contributed by atoms with Gasteiger partial charge in [-0.15, -0.1) is 0 Å². The van der Waals surface area contributed by atoms with E-state index in [-0.39, 0.29) is 0 Å². The minimum atomic E-state index is -2.35. The quantitative estimate of drug-likeness (QED) is 0.242. The average Bonchev–Trinajstić information content (AvgIpc) is 3.22. The first-order chi connectivity index (χ1) is 14.7. The van der Waals surface area contributed by atoms with E-state index >= 15 is 0 Å². The van der Waals surface area contributed by atoms with Gasteiger partial charge >= 0.3 is 187 Å². The molecule has 0 saturated carbocycles. The van der Waals surface area contributed by atoms with Crippen molar-refractivity contribution in [2.45, 2.75) is 72.6 Å². The number of pyridine rings is 1. The monoisotopic (exact) mass is 514 g/mol. The van der Waals surface area contributed by atoms with Crippen LogP contribution in [0.1, 0.15) is 59.3 Å². The van der Waals surface area contributed by atoms with Crippen molar-refractivity contribution >= 4 is 27.6 Å². The molecule has 1 aromatic carbocycles. The number of aromatic nitrogens is 2. The molecule has 2 aromatic heterocycles. The number of hydrogen-bond acceptors (Lipinski definition) is 2. The van der Waals surface area contributed by atoms with Crippen LogP contribution in [0.3, 0.4) is 0 Å². The fraction of sp³-hybridized carbons (Fsp3) is 0.500. The van der Waals surface area contributed by atoms with Crippen molar-refractivity contribution < 1.29 is 4.74 Å². The zero-order valence-electron chi connectivity index (χ0n) is 19.3. The summed E-state index contributed by atoms with van der Waals surface area (Å²) in [7, 11) is 1.70. The number of methoxy groups -OCH3 is 1. The van der Waals surface area contributed by atoms with Crippen molar-refractivity contribution in [1.29, 1.82) is 0 Å². The van der Waals surface area contributed by atoms with Crippen molar-refractivity contribution in [1.82, 2.24) is 9.38 Å². The van der Waals surface area contributed by atoms with Crippen LogP contribution in [-0.2, 0) is 0 Å². The Morgan fingerprint density at radius 2 is 1.40 bits per heavy atom. The predicted octanol–water partition coefficient (Wildman–Crippen LogP) is 7.07. The molecule has 0 amide bonds. The number of unbranched alkanes of at least 4 members (excludes halogenated alkanes) is 3. The Kier molecular flexibility index (Phi) is 8.67. The van der Waals surface area contributed by atoms with Gasteiger partial charge in [0, 0.05) is 0 Å². The van der Waals surface area contributed by atoms with Crippen LogP contribution in [0, 0.1) is 0 Å². The Morgan fingerprint density at radius 1 is 0.800 bits per heavy atom. The third kappa shape index (κ3) is 5.40. The average molecular weight is 513 g/mol. The topological polar surface area (TPSA) is 26.5 Å². The molecule has 0 atom stereocenters. The van der Waals surface area contributed by atoms with Crippen LogP contribution < -0.4 is 8.32 Å². The van der Waals surface area contributed by atoms with Gasteiger partial charge in [0.2, 0.25) is 0 Å². The minimum absolute atomic E-state index is 0.850. The molecule has 2 heterocycles. The standard InChI is InChI=1S/C14H11N2O.3C4H9.Sn/c1-17-12-7-8-14-15-13(10-16(14)9-12)11-5-3-2-4-6-11;3*1-3-4-2;/h3-10H,1H3;3*1,3-4H2,2H3;. The Labute approximate surface area is 186 Å². The van der Waals surface area contributed by atoms with Gasteiger partial charge in [-0.25, -0.2) is 0 Å². The predicted molar refractivity (Wildman–Crippen MR) is 132 cm³/mol. The van der Waals surface area contributed by atoms with Crippen LogP contribution >= 0.6 is 0 Å². The van der Waals surface area contributed by atoms with E-state index in [1.54, 1.807) is 10.7 Å². The number of hydrogen-bond donors (Lipinski definition) is 0. The van der Waals surface area contributed by atoms with E-state index in [1.807, 2.05) is 18.3 Å². The summed E-state index contributed by atoms with van der Waals surface area (Å²) in [5, 5.41) is 0. The molecule has 0 unspecified atom stereocenters. The summed E-state index contributed by atoms with van der Waals surface area (Å²) in [5.41, 5.74) is 3.20. The van der Waals surface area contributed by atoms with Gasteiger partial charge in [0.1, 0.15) is 0 Å². The number of benzene rings is 1. The summed E-state index contributed by atoms with van der Waals surface area (Å²) in [6, 6.07) is 13.6. The van der Waals surface area contributed by atoms with Crippen LogP contribution in [0.2, 0.25) is 13.3 Å². The molecular weight excluding hydrogens is 475 g/mol. The van der Waals surface area contributed by atoms with E-state index in [2.05, 4.69) is 55.6 Å². The second-order valence-electron chi connectivity index (χ2n) is 8.63. The van der Waals surface area contributed by atoms with Gasteiger partial charge in [0.15, 0.2) is 0 Å². The summed E-state index contributed by atoms with van der Waals surface area (Å²) in [6.45, 7) is 7.04. The van der Waals surface area contributed by atoms with Gasteiger partial charge in [-0.2, -0.15) is 0 Å². The molecule has 4 heteroatoms. The first-order valence-electron chi connectivity index (χ1n) is 11.8. The van der Waals surface area contributed by atoms with E-state index in [9.17, 15) is 0 Å². The Hall–Kier alpha value is -1.49. The Bertz CT molecular complexity index is 895. The molecule has 0 aliphatic carbocycles. The first kappa shape index (κ1) is 23.2. The van der Waals surface area contributed by atoms with Crippen molar-refractivity contribution in [3.8, 4) is 17.0 Å². The summed E-state index contributed by atoms with van der Waals surface area (Å²) in [5.74, 6) is 0.850. The molecular formula is C26H38N2OSn. The molecule has 0 N–H and O–H groups in total. The molecule has 0 radical (unpaired) electrons. The molecule has 0 spiro atoms. The second-order valence-corrected chi connectivity index (χ2v) is 21.9. The van der Waals surface area contributed by atoms with Crippen molar-refractivity contribution in [3.05, 3.63) is 48.8 Å². The molecule has 0 bridgehead atoms. The molecule has 3 rings (SSSR count). The number of nitrogens with zero attached hydrogens (tertiary/aromatic N) is 2. The Balaban J connectivity index is 1.91. The van der Waals surface area contributed by atoms with Crippen LogP contribution in [0.25, 0.3) is 16.9 Å². The second kappa shape index (κ2) is 11.2. The normalized spacial score (nSPS) is 11.9. The summed E-state index contributed by atoms with van der Waals surface area (Å²) in [4.78, 5) is 4.82. The van der Waals surface area contributed by atoms with Crippen molar-refractivity contribution in [3.63, 3.8) is 0 Å².